The molecule has 2 unspecified atom stereocenters. The Morgan fingerprint density at radius 1 is 1.12 bits per heavy atom. The first-order valence-electron chi connectivity index (χ1n) is 12.6. The second-order valence-electron chi connectivity index (χ2n) is 9.20. The lowest BCUT2D eigenvalue weighted by Crippen LogP contribution is -2.60. The maximum absolute atomic E-state index is 13.6. The molecule has 8 heteroatoms. The zero-order valence-corrected chi connectivity index (χ0v) is 20.7. The number of carbonyl (C=O) groups excluding carboxylic acids is 3. The van der Waals surface area contributed by atoms with E-state index in [4.69, 9.17) is 0 Å². The number of fused-ring (bicyclic) bond motifs is 1. The molecular formula is C26H39N5O3. The van der Waals surface area contributed by atoms with Gasteiger partial charge in [0, 0.05) is 62.2 Å². The van der Waals surface area contributed by atoms with Gasteiger partial charge in [-0.3, -0.25) is 9.59 Å². The van der Waals surface area contributed by atoms with Crippen LogP contribution < -0.4 is 10.6 Å². The highest BCUT2D eigenvalue weighted by atomic mass is 16.2. The van der Waals surface area contributed by atoms with Crippen molar-refractivity contribution >= 4 is 28.7 Å². The molecule has 2 atom stereocenters. The number of aromatic nitrogens is 1. The summed E-state index contributed by atoms with van der Waals surface area (Å²) in [6.07, 6.45) is 6.45. The summed E-state index contributed by atoms with van der Waals surface area (Å²) in [6, 6.07) is 7.17. The van der Waals surface area contributed by atoms with E-state index < -0.39 is 6.04 Å². The zero-order valence-electron chi connectivity index (χ0n) is 20.7. The number of nitrogens with one attached hydrogen (secondary N) is 3. The van der Waals surface area contributed by atoms with Crippen LogP contribution in [-0.4, -0.2) is 70.9 Å². The summed E-state index contributed by atoms with van der Waals surface area (Å²) in [5.74, 6) is -0.185. The number of unbranched alkanes of at least 4 members (excludes halogenated alkanes) is 2. The Morgan fingerprint density at radius 3 is 2.62 bits per heavy atom. The third-order valence-electron chi connectivity index (χ3n) is 6.50. The molecule has 2 aromatic rings. The second kappa shape index (κ2) is 12.4. The van der Waals surface area contributed by atoms with Gasteiger partial charge in [-0.25, -0.2) is 4.79 Å². The van der Waals surface area contributed by atoms with Gasteiger partial charge >= 0.3 is 6.03 Å². The Balaban J connectivity index is 1.69. The molecule has 4 amide bonds. The molecule has 1 fully saturated rings. The number of H-pyrrole nitrogens is 1. The standard InChI is InChI=1S/C26H39N5O3/c1-4-6-12-24(32)29-23(16-20-17-28-22-11-9-8-10-21(20)22)25(33)30-14-15-31(19(3)18-30)26(34)27-13-7-5-2/h8-11,17,19,23,28H,4-7,12-16,18H2,1-3H3,(H,27,34)(H,29,32). The summed E-state index contributed by atoms with van der Waals surface area (Å²) < 4.78 is 0. The number of hydrogen-bond acceptors (Lipinski definition) is 3. The summed E-state index contributed by atoms with van der Waals surface area (Å²) in [5, 5.41) is 7.02. The van der Waals surface area contributed by atoms with Crippen molar-refractivity contribution in [2.75, 3.05) is 26.2 Å². The molecule has 3 rings (SSSR count). The molecule has 1 saturated heterocycles. The maximum Gasteiger partial charge on any atom is 0.317 e. The van der Waals surface area contributed by atoms with Crippen molar-refractivity contribution < 1.29 is 14.4 Å². The number of rotatable bonds is 10. The van der Waals surface area contributed by atoms with Crippen LogP contribution in [0.3, 0.4) is 0 Å². The van der Waals surface area contributed by atoms with Crippen molar-refractivity contribution in [2.24, 2.45) is 0 Å². The Bertz CT molecular complexity index is 972. The Labute approximate surface area is 202 Å². The first-order chi connectivity index (χ1) is 16.4. The maximum atomic E-state index is 13.6. The van der Waals surface area contributed by atoms with Crippen LogP contribution in [0.4, 0.5) is 4.79 Å². The molecule has 0 bridgehead atoms. The van der Waals surface area contributed by atoms with Gasteiger partial charge in [-0.1, -0.05) is 44.9 Å². The Kier molecular flexibility index (Phi) is 9.36. The lowest BCUT2D eigenvalue weighted by molar-refractivity contribution is -0.138. The van der Waals surface area contributed by atoms with E-state index in [1.165, 1.54) is 0 Å². The van der Waals surface area contributed by atoms with Gasteiger partial charge in [-0.05, 0) is 31.4 Å². The van der Waals surface area contributed by atoms with Crippen LogP contribution in [0.15, 0.2) is 30.5 Å². The average molecular weight is 470 g/mol. The van der Waals surface area contributed by atoms with Crippen LogP contribution in [0.5, 0.6) is 0 Å². The first kappa shape index (κ1) is 25.6. The zero-order chi connectivity index (χ0) is 24.5. The van der Waals surface area contributed by atoms with Gasteiger partial charge in [0.1, 0.15) is 6.04 Å². The number of amides is 4. The number of carbonyl (C=O) groups is 3. The van der Waals surface area contributed by atoms with Crippen LogP contribution in [0.1, 0.15) is 58.4 Å². The first-order valence-corrected chi connectivity index (χ1v) is 12.6. The van der Waals surface area contributed by atoms with E-state index in [1.54, 1.807) is 9.80 Å². The number of piperazine rings is 1. The van der Waals surface area contributed by atoms with Crippen molar-refractivity contribution in [3.05, 3.63) is 36.0 Å². The molecule has 1 aromatic carbocycles. The van der Waals surface area contributed by atoms with Crippen molar-refractivity contribution in [3.8, 4) is 0 Å². The summed E-state index contributed by atoms with van der Waals surface area (Å²) in [4.78, 5) is 45.5. The minimum absolute atomic E-state index is 0.0729. The van der Waals surface area contributed by atoms with Gasteiger partial charge in [0.2, 0.25) is 11.8 Å². The molecule has 0 saturated carbocycles. The third-order valence-corrected chi connectivity index (χ3v) is 6.50. The fourth-order valence-corrected chi connectivity index (χ4v) is 4.48. The smallest absolute Gasteiger partial charge is 0.317 e. The van der Waals surface area contributed by atoms with Crippen molar-refractivity contribution in [3.63, 3.8) is 0 Å². The molecule has 0 spiro atoms. The van der Waals surface area contributed by atoms with E-state index >= 15 is 0 Å². The minimum atomic E-state index is -0.638. The summed E-state index contributed by atoms with van der Waals surface area (Å²) in [6.45, 7) is 8.16. The number of aromatic amines is 1. The molecule has 0 radical (unpaired) electrons. The predicted molar refractivity (Wildman–Crippen MR) is 135 cm³/mol. The largest absolute Gasteiger partial charge is 0.361 e. The van der Waals surface area contributed by atoms with Gasteiger partial charge in [-0.2, -0.15) is 0 Å². The van der Waals surface area contributed by atoms with E-state index in [0.29, 0.717) is 39.0 Å². The highest BCUT2D eigenvalue weighted by Crippen LogP contribution is 2.20. The molecule has 34 heavy (non-hydrogen) atoms. The van der Waals surface area contributed by atoms with Gasteiger partial charge in [-0.15, -0.1) is 0 Å². The Morgan fingerprint density at radius 2 is 1.88 bits per heavy atom. The lowest BCUT2D eigenvalue weighted by Gasteiger charge is -2.41. The van der Waals surface area contributed by atoms with E-state index in [0.717, 1.165) is 42.1 Å². The summed E-state index contributed by atoms with van der Waals surface area (Å²) >= 11 is 0. The third kappa shape index (κ3) is 6.52. The van der Waals surface area contributed by atoms with Crippen LogP contribution >= 0.6 is 0 Å². The van der Waals surface area contributed by atoms with E-state index in [2.05, 4.69) is 22.5 Å². The number of benzene rings is 1. The summed E-state index contributed by atoms with van der Waals surface area (Å²) in [5.41, 5.74) is 2.02. The van der Waals surface area contributed by atoms with Gasteiger partial charge in [0.25, 0.3) is 0 Å². The quantitative estimate of drug-likeness (QED) is 0.465. The van der Waals surface area contributed by atoms with Crippen molar-refractivity contribution in [1.29, 1.82) is 0 Å². The van der Waals surface area contributed by atoms with Crippen molar-refractivity contribution in [1.82, 2.24) is 25.4 Å². The Hall–Kier alpha value is -3.03. The number of para-hydroxylation sites is 1. The molecule has 3 N–H and O–H groups in total. The predicted octanol–water partition coefficient (Wildman–Crippen LogP) is 3.43. The fourth-order valence-electron chi connectivity index (χ4n) is 4.48. The molecular weight excluding hydrogens is 430 g/mol. The minimum Gasteiger partial charge on any atom is -0.361 e. The van der Waals surface area contributed by atoms with E-state index in [9.17, 15) is 14.4 Å². The second-order valence-corrected chi connectivity index (χ2v) is 9.20. The molecule has 2 heterocycles. The normalized spacial score (nSPS) is 17.0. The van der Waals surface area contributed by atoms with Crippen LogP contribution in [0, 0.1) is 0 Å². The number of hydrogen-bond donors (Lipinski definition) is 3. The topological polar surface area (TPSA) is 97.5 Å². The van der Waals surface area contributed by atoms with Crippen LogP contribution in [-0.2, 0) is 16.0 Å². The van der Waals surface area contributed by atoms with Crippen LogP contribution in [0.25, 0.3) is 10.9 Å². The monoisotopic (exact) mass is 469 g/mol. The fraction of sp³-hybridized carbons (Fsp3) is 0.577. The molecule has 8 nitrogen and oxygen atoms in total. The highest BCUT2D eigenvalue weighted by molar-refractivity contribution is 5.90. The average Bonchev–Trinajstić information content (AvgIpc) is 3.24. The number of urea groups is 1. The van der Waals surface area contributed by atoms with Gasteiger partial charge in [0.15, 0.2) is 0 Å². The highest BCUT2D eigenvalue weighted by Gasteiger charge is 2.33. The SMILES string of the molecule is CCCCNC(=O)N1CCN(C(=O)C(Cc2c[nH]c3ccccc23)NC(=O)CCCC)CC1C. The van der Waals surface area contributed by atoms with Crippen LogP contribution in [0.2, 0.25) is 0 Å². The van der Waals surface area contributed by atoms with Gasteiger partial charge in [0.05, 0.1) is 0 Å². The summed E-state index contributed by atoms with van der Waals surface area (Å²) in [7, 11) is 0. The molecule has 1 aromatic heterocycles. The number of nitrogens with zero attached hydrogens (tertiary/aromatic N) is 2. The van der Waals surface area contributed by atoms with Gasteiger partial charge < -0.3 is 25.4 Å². The molecule has 186 valence electrons. The lowest BCUT2D eigenvalue weighted by atomic mass is 10.0. The molecule has 1 aliphatic rings. The van der Waals surface area contributed by atoms with E-state index in [-0.39, 0.29) is 23.9 Å². The molecule has 1 aliphatic heterocycles. The van der Waals surface area contributed by atoms with Crippen molar-refractivity contribution in [2.45, 2.75) is 71.4 Å². The van der Waals surface area contributed by atoms with E-state index in [1.807, 2.05) is 44.3 Å². The molecule has 0 aliphatic carbocycles.